The number of nitrogens with one attached hydrogen (secondary N) is 1. The van der Waals surface area contributed by atoms with Crippen molar-refractivity contribution >= 4 is 23.5 Å². The molecule has 136 valence electrons. The van der Waals surface area contributed by atoms with Gasteiger partial charge in [-0.25, -0.2) is 19.3 Å². The molecule has 0 unspecified atom stereocenters. The summed E-state index contributed by atoms with van der Waals surface area (Å²) in [5, 5.41) is 15.3. The highest BCUT2D eigenvalue weighted by Gasteiger charge is 2.20. The predicted octanol–water partition coefficient (Wildman–Crippen LogP) is 1.64. The summed E-state index contributed by atoms with van der Waals surface area (Å²) in [7, 11) is 0. The molecule has 0 spiro atoms. The van der Waals surface area contributed by atoms with E-state index in [0.29, 0.717) is 28.5 Å². The van der Waals surface area contributed by atoms with Crippen molar-refractivity contribution in [3.63, 3.8) is 0 Å². The molecule has 0 aliphatic heterocycles. The molecule has 26 heavy (non-hydrogen) atoms. The largest absolute Gasteiger partial charge is 0.478 e. The third-order valence-corrected chi connectivity index (χ3v) is 3.38. The van der Waals surface area contributed by atoms with Crippen LogP contribution in [0.3, 0.4) is 0 Å². The first-order valence-corrected chi connectivity index (χ1v) is 7.75. The van der Waals surface area contributed by atoms with Gasteiger partial charge < -0.3 is 15.2 Å². The molecule has 9 heteroatoms. The van der Waals surface area contributed by atoms with Crippen molar-refractivity contribution in [2.45, 2.75) is 20.8 Å². The molecule has 1 amide bonds. The van der Waals surface area contributed by atoms with E-state index in [-0.39, 0.29) is 6.61 Å². The van der Waals surface area contributed by atoms with Crippen LogP contribution >= 0.6 is 0 Å². The topological polar surface area (TPSA) is 123 Å². The lowest BCUT2D eigenvalue weighted by atomic mass is 10.2. The van der Waals surface area contributed by atoms with E-state index in [1.54, 1.807) is 32.9 Å². The first-order valence-electron chi connectivity index (χ1n) is 7.75. The minimum Gasteiger partial charge on any atom is -0.478 e. The summed E-state index contributed by atoms with van der Waals surface area (Å²) in [6.07, 6.45) is 3.05. The highest BCUT2D eigenvalue weighted by atomic mass is 16.5. The normalized spacial score (nSPS) is 10.7. The van der Waals surface area contributed by atoms with E-state index < -0.39 is 17.8 Å². The van der Waals surface area contributed by atoms with Gasteiger partial charge in [0.1, 0.15) is 5.56 Å². The quantitative estimate of drug-likeness (QED) is 0.594. The van der Waals surface area contributed by atoms with Crippen LogP contribution in [0.1, 0.15) is 28.7 Å². The Morgan fingerprint density at radius 2 is 2.00 bits per heavy atom. The van der Waals surface area contributed by atoms with E-state index in [2.05, 4.69) is 15.4 Å². The summed E-state index contributed by atoms with van der Waals surface area (Å²) in [5.74, 6) is -1.78. The second-order valence-electron chi connectivity index (χ2n) is 5.24. The van der Waals surface area contributed by atoms with Gasteiger partial charge in [0.25, 0.3) is 0 Å². The van der Waals surface area contributed by atoms with Crippen LogP contribution in [0.25, 0.3) is 5.82 Å². The van der Waals surface area contributed by atoms with Crippen LogP contribution in [0, 0.1) is 13.8 Å². The molecule has 0 aliphatic carbocycles. The molecular weight excluding hydrogens is 340 g/mol. The van der Waals surface area contributed by atoms with Crippen molar-refractivity contribution in [1.82, 2.24) is 14.8 Å². The Labute approximate surface area is 149 Å². The lowest BCUT2D eigenvalue weighted by Crippen LogP contribution is -2.10. The second-order valence-corrected chi connectivity index (χ2v) is 5.24. The molecule has 0 atom stereocenters. The van der Waals surface area contributed by atoms with Crippen LogP contribution in [0.5, 0.6) is 0 Å². The molecule has 0 fully saturated rings. The Morgan fingerprint density at radius 3 is 2.58 bits per heavy atom. The average Bonchev–Trinajstić information content (AvgIpc) is 2.88. The van der Waals surface area contributed by atoms with E-state index in [1.807, 2.05) is 0 Å². The summed E-state index contributed by atoms with van der Waals surface area (Å²) in [4.78, 5) is 38.2. The van der Waals surface area contributed by atoms with E-state index in [1.165, 1.54) is 10.9 Å². The number of amides is 1. The number of hydrogen-bond acceptors (Lipinski definition) is 6. The lowest BCUT2D eigenvalue weighted by molar-refractivity contribution is -0.131. The zero-order valence-electron chi connectivity index (χ0n) is 14.5. The Kier molecular flexibility index (Phi) is 5.84. The number of aliphatic carboxylic acids is 1. The zero-order chi connectivity index (χ0) is 19.3. The summed E-state index contributed by atoms with van der Waals surface area (Å²) in [5.41, 5.74) is 1.90. The molecule has 2 aromatic heterocycles. The van der Waals surface area contributed by atoms with Gasteiger partial charge >= 0.3 is 11.9 Å². The molecular formula is C17H18N4O5. The van der Waals surface area contributed by atoms with E-state index in [0.717, 1.165) is 12.2 Å². The summed E-state index contributed by atoms with van der Waals surface area (Å²) < 4.78 is 6.54. The number of carboxylic acids is 1. The lowest BCUT2D eigenvalue weighted by Gasteiger charge is -2.06. The van der Waals surface area contributed by atoms with Crippen molar-refractivity contribution in [2.75, 3.05) is 11.9 Å². The summed E-state index contributed by atoms with van der Waals surface area (Å²) in [6.45, 7) is 5.44. The molecule has 0 aliphatic rings. The monoisotopic (exact) mass is 358 g/mol. The molecule has 0 radical (unpaired) electrons. The Morgan fingerprint density at radius 1 is 1.27 bits per heavy atom. The van der Waals surface area contributed by atoms with Crippen molar-refractivity contribution in [1.29, 1.82) is 0 Å². The molecule has 2 aromatic rings. The fraction of sp³-hybridized carbons (Fsp3) is 0.235. The van der Waals surface area contributed by atoms with Crippen LogP contribution in [0.2, 0.25) is 0 Å². The number of ether oxygens (including phenoxy) is 1. The SMILES string of the molecule is CCOC(=O)c1c(C)nn(-c2ccc(NC(=O)C=CC(=O)O)cn2)c1C. The number of aromatic nitrogens is 3. The molecule has 0 saturated heterocycles. The number of carbonyl (C=O) groups is 3. The number of pyridine rings is 1. The van der Waals surface area contributed by atoms with E-state index in [9.17, 15) is 14.4 Å². The predicted molar refractivity (Wildman–Crippen MR) is 92.2 cm³/mol. The molecule has 0 bridgehead atoms. The number of aryl methyl sites for hydroxylation is 1. The number of anilines is 1. The van der Waals surface area contributed by atoms with E-state index in [4.69, 9.17) is 9.84 Å². The van der Waals surface area contributed by atoms with Gasteiger partial charge in [-0.05, 0) is 32.9 Å². The number of rotatable bonds is 6. The molecule has 0 aromatic carbocycles. The first kappa shape index (κ1) is 18.8. The minimum absolute atomic E-state index is 0.270. The van der Waals surface area contributed by atoms with Crippen molar-refractivity contribution in [2.24, 2.45) is 0 Å². The van der Waals surface area contributed by atoms with Crippen LogP contribution < -0.4 is 5.32 Å². The van der Waals surface area contributed by atoms with E-state index >= 15 is 0 Å². The first-order chi connectivity index (χ1) is 12.3. The number of carboxylic acid groups (broad SMARTS) is 1. The maximum atomic E-state index is 12.0. The molecule has 9 nitrogen and oxygen atoms in total. The summed E-state index contributed by atoms with van der Waals surface area (Å²) >= 11 is 0. The highest BCUT2D eigenvalue weighted by Crippen LogP contribution is 2.18. The Bertz CT molecular complexity index is 868. The van der Waals surface area contributed by atoms with Gasteiger partial charge in [0, 0.05) is 12.2 Å². The van der Waals surface area contributed by atoms with Gasteiger partial charge in [0.05, 0.1) is 29.9 Å². The van der Waals surface area contributed by atoms with Crippen molar-refractivity contribution in [3.8, 4) is 5.82 Å². The molecule has 2 N–H and O–H groups in total. The maximum Gasteiger partial charge on any atom is 0.341 e. The number of esters is 1. The van der Waals surface area contributed by atoms with Gasteiger partial charge in [-0.2, -0.15) is 5.10 Å². The van der Waals surface area contributed by atoms with Crippen molar-refractivity contribution < 1.29 is 24.2 Å². The third-order valence-electron chi connectivity index (χ3n) is 3.38. The standard InChI is InChI=1S/C17H18N4O5/c1-4-26-17(25)16-10(2)20-21(11(16)3)13-6-5-12(9-18-13)19-14(22)7-8-15(23)24/h5-9H,4H2,1-3H3,(H,19,22)(H,23,24). The minimum atomic E-state index is -1.21. The van der Waals surface area contributed by atoms with Crippen LogP contribution in [0.4, 0.5) is 5.69 Å². The maximum absolute atomic E-state index is 12.0. The number of hydrogen-bond donors (Lipinski definition) is 2. The van der Waals surface area contributed by atoms with Gasteiger partial charge in [0.15, 0.2) is 5.82 Å². The molecule has 2 heterocycles. The molecule has 2 rings (SSSR count). The van der Waals surface area contributed by atoms with Crippen LogP contribution in [-0.4, -0.2) is 44.3 Å². The summed E-state index contributed by atoms with van der Waals surface area (Å²) in [6, 6.07) is 3.21. The fourth-order valence-electron chi connectivity index (χ4n) is 2.28. The fourth-order valence-corrected chi connectivity index (χ4v) is 2.28. The zero-order valence-corrected chi connectivity index (χ0v) is 14.5. The average molecular weight is 358 g/mol. The van der Waals surface area contributed by atoms with Gasteiger partial charge in [-0.1, -0.05) is 0 Å². The Balaban J connectivity index is 2.21. The van der Waals surface area contributed by atoms with Gasteiger partial charge in [-0.15, -0.1) is 0 Å². The highest BCUT2D eigenvalue weighted by molar-refractivity contribution is 6.02. The number of nitrogens with zero attached hydrogens (tertiary/aromatic N) is 3. The molecule has 0 saturated carbocycles. The number of carbonyl (C=O) groups excluding carboxylic acids is 2. The van der Waals surface area contributed by atoms with Crippen molar-refractivity contribution in [3.05, 3.63) is 47.4 Å². The van der Waals surface area contributed by atoms with Crippen LogP contribution in [-0.2, 0) is 14.3 Å². The van der Waals surface area contributed by atoms with Gasteiger partial charge in [0.2, 0.25) is 5.91 Å². The van der Waals surface area contributed by atoms with Gasteiger partial charge in [-0.3, -0.25) is 4.79 Å². The third kappa shape index (κ3) is 4.32. The Hall–Kier alpha value is -3.49. The smallest absolute Gasteiger partial charge is 0.341 e. The second kappa shape index (κ2) is 8.06. The van der Waals surface area contributed by atoms with Crippen LogP contribution in [0.15, 0.2) is 30.5 Å².